The zero-order valence-electron chi connectivity index (χ0n) is 16.2. The molecule has 0 saturated heterocycles. The number of carbonyl (C=O) groups is 1. The predicted molar refractivity (Wildman–Crippen MR) is 107 cm³/mol. The number of hydrogen-bond donors (Lipinski definition) is 2. The summed E-state index contributed by atoms with van der Waals surface area (Å²) in [5, 5.41) is 15.2. The molecular weight excluding hydrogens is 338 g/mol. The van der Waals surface area contributed by atoms with Crippen molar-refractivity contribution in [3.63, 3.8) is 0 Å². The molecule has 2 aromatic carbocycles. The van der Waals surface area contributed by atoms with Crippen LogP contribution >= 0.6 is 0 Å². The number of benzene rings is 2. The summed E-state index contributed by atoms with van der Waals surface area (Å²) in [7, 11) is 0. The SMILES string of the molecule is CCOc1ccc(C)cc1C(C)N/C=C(/C#N)C(=O)Nc1cccc(C)c1. The molecule has 2 rings (SSSR count). The highest BCUT2D eigenvalue weighted by Crippen LogP contribution is 2.26. The van der Waals surface area contributed by atoms with Crippen LogP contribution in [0.15, 0.2) is 54.2 Å². The van der Waals surface area contributed by atoms with E-state index < -0.39 is 5.91 Å². The standard InChI is InChI=1S/C22H25N3O2/c1-5-27-21-10-9-16(3)12-20(21)17(4)24-14-18(13-23)22(26)25-19-8-6-7-15(2)11-19/h6-12,14,17,24H,5H2,1-4H3,(H,25,26)/b18-14-. The quantitative estimate of drug-likeness (QED) is 0.565. The van der Waals surface area contributed by atoms with E-state index in [4.69, 9.17) is 4.74 Å². The summed E-state index contributed by atoms with van der Waals surface area (Å²) in [5.41, 5.74) is 3.79. The van der Waals surface area contributed by atoms with Crippen LogP contribution in [0.25, 0.3) is 0 Å². The topological polar surface area (TPSA) is 74.1 Å². The van der Waals surface area contributed by atoms with E-state index in [0.29, 0.717) is 12.3 Å². The molecule has 5 nitrogen and oxygen atoms in total. The molecule has 0 aromatic heterocycles. The Morgan fingerprint density at radius 3 is 2.63 bits per heavy atom. The summed E-state index contributed by atoms with van der Waals surface area (Å²) in [6, 6.07) is 15.2. The van der Waals surface area contributed by atoms with E-state index in [9.17, 15) is 10.1 Å². The molecule has 1 unspecified atom stereocenters. The van der Waals surface area contributed by atoms with Crippen LogP contribution in [0.5, 0.6) is 5.75 Å². The Kier molecular flexibility index (Phi) is 7.01. The van der Waals surface area contributed by atoms with Gasteiger partial charge in [0.15, 0.2) is 0 Å². The Morgan fingerprint density at radius 2 is 1.96 bits per heavy atom. The van der Waals surface area contributed by atoms with Gasteiger partial charge in [0.1, 0.15) is 17.4 Å². The first-order chi connectivity index (χ1) is 12.9. The average Bonchev–Trinajstić information content (AvgIpc) is 2.63. The molecule has 0 aliphatic heterocycles. The smallest absolute Gasteiger partial charge is 0.267 e. The van der Waals surface area contributed by atoms with Crippen molar-refractivity contribution in [1.82, 2.24) is 5.32 Å². The molecule has 0 heterocycles. The first-order valence-electron chi connectivity index (χ1n) is 8.92. The molecular formula is C22H25N3O2. The lowest BCUT2D eigenvalue weighted by atomic mass is 10.0. The van der Waals surface area contributed by atoms with Gasteiger partial charge in [-0.25, -0.2) is 0 Å². The first kappa shape index (κ1) is 20.1. The number of nitrogens with one attached hydrogen (secondary N) is 2. The Morgan fingerprint density at radius 1 is 1.22 bits per heavy atom. The van der Waals surface area contributed by atoms with Crippen molar-refractivity contribution in [2.45, 2.75) is 33.7 Å². The molecule has 0 aliphatic rings. The van der Waals surface area contributed by atoms with E-state index in [1.807, 2.05) is 70.2 Å². The van der Waals surface area contributed by atoms with Crippen LogP contribution in [0.4, 0.5) is 5.69 Å². The predicted octanol–water partition coefficient (Wildman–Crippen LogP) is 4.40. The summed E-state index contributed by atoms with van der Waals surface area (Å²) in [5.74, 6) is 0.344. The average molecular weight is 363 g/mol. The van der Waals surface area contributed by atoms with Gasteiger partial charge in [-0.15, -0.1) is 0 Å². The van der Waals surface area contributed by atoms with Crippen LogP contribution in [0.3, 0.4) is 0 Å². The highest BCUT2D eigenvalue weighted by atomic mass is 16.5. The molecule has 0 aliphatic carbocycles. The minimum Gasteiger partial charge on any atom is -0.494 e. The number of amides is 1. The molecule has 0 radical (unpaired) electrons. The number of aryl methyl sites for hydroxylation is 2. The van der Waals surface area contributed by atoms with Crippen LogP contribution in [0, 0.1) is 25.2 Å². The molecule has 1 atom stereocenters. The van der Waals surface area contributed by atoms with Gasteiger partial charge in [-0.3, -0.25) is 4.79 Å². The third-order valence-electron chi connectivity index (χ3n) is 4.05. The van der Waals surface area contributed by atoms with Gasteiger partial charge in [0.05, 0.1) is 12.6 Å². The number of ether oxygens (including phenoxy) is 1. The van der Waals surface area contributed by atoms with Crippen molar-refractivity contribution in [2.24, 2.45) is 0 Å². The van der Waals surface area contributed by atoms with E-state index in [0.717, 1.165) is 22.4 Å². The van der Waals surface area contributed by atoms with Crippen molar-refractivity contribution in [1.29, 1.82) is 5.26 Å². The van der Waals surface area contributed by atoms with Gasteiger partial charge in [-0.05, 0) is 51.5 Å². The number of hydrogen-bond acceptors (Lipinski definition) is 4. The van der Waals surface area contributed by atoms with Crippen molar-refractivity contribution >= 4 is 11.6 Å². The molecule has 1 amide bonds. The highest BCUT2D eigenvalue weighted by molar-refractivity contribution is 6.06. The summed E-state index contributed by atoms with van der Waals surface area (Å²) in [6.45, 7) is 8.42. The fraction of sp³-hybridized carbons (Fsp3) is 0.273. The summed E-state index contributed by atoms with van der Waals surface area (Å²) in [6.07, 6.45) is 1.45. The largest absolute Gasteiger partial charge is 0.494 e. The molecule has 0 bridgehead atoms. The Labute approximate surface area is 160 Å². The van der Waals surface area contributed by atoms with Crippen molar-refractivity contribution in [2.75, 3.05) is 11.9 Å². The van der Waals surface area contributed by atoms with Gasteiger partial charge in [0, 0.05) is 17.5 Å². The number of rotatable bonds is 7. The first-order valence-corrected chi connectivity index (χ1v) is 8.92. The van der Waals surface area contributed by atoms with Crippen LogP contribution in [0.2, 0.25) is 0 Å². The molecule has 0 saturated carbocycles. The Bertz CT molecular complexity index is 881. The maximum atomic E-state index is 12.4. The van der Waals surface area contributed by atoms with Gasteiger partial charge in [0.2, 0.25) is 0 Å². The lowest BCUT2D eigenvalue weighted by Crippen LogP contribution is -2.19. The second-order valence-corrected chi connectivity index (χ2v) is 6.36. The number of nitriles is 1. The molecule has 0 spiro atoms. The number of carbonyl (C=O) groups excluding carboxylic acids is 1. The van der Waals surface area contributed by atoms with E-state index >= 15 is 0 Å². The maximum Gasteiger partial charge on any atom is 0.267 e. The molecule has 27 heavy (non-hydrogen) atoms. The van der Waals surface area contributed by atoms with Gasteiger partial charge in [-0.2, -0.15) is 5.26 Å². The number of anilines is 1. The minimum atomic E-state index is -0.447. The molecule has 140 valence electrons. The van der Waals surface area contributed by atoms with E-state index in [1.165, 1.54) is 6.20 Å². The van der Waals surface area contributed by atoms with Crippen molar-refractivity contribution in [3.05, 3.63) is 70.9 Å². The fourth-order valence-corrected chi connectivity index (χ4v) is 2.66. The highest BCUT2D eigenvalue weighted by Gasteiger charge is 2.13. The third kappa shape index (κ3) is 5.61. The minimum absolute atomic E-state index is 0.00830. The number of nitrogens with zero attached hydrogens (tertiary/aromatic N) is 1. The van der Waals surface area contributed by atoms with Gasteiger partial charge < -0.3 is 15.4 Å². The van der Waals surface area contributed by atoms with Gasteiger partial charge in [0.25, 0.3) is 5.91 Å². The summed E-state index contributed by atoms with van der Waals surface area (Å²) in [4.78, 5) is 12.4. The monoisotopic (exact) mass is 363 g/mol. The maximum absolute atomic E-state index is 12.4. The van der Waals surface area contributed by atoms with Crippen LogP contribution in [-0.4, -0.2) is 12.5 Å². The zero-order chi connectivity index (χ0) is 19.8. The van der Waals surface area contributed by atoms with Crippen molar-refractivity contribution < 1.29 is 9.53 Å². The summed E-state index contributed by atoms with van der Waals surface area (Å²) < 4.78 is 5.68. The molecule has 2 N–H and O–H groups in total. The summed E-state index contributed by atoms with van der Waals surface area (Å²) >= 11 is 0. The van der Waals surface area contributed by atoms with Crippen molar-refractivity contribution in [3.8, 4) is 11.8 Å². The Balaban J connectivity index is 2.13. The van der Waals surface area contributed by atoms with Crippen LogP contribution < -0.4 is 15.4 Å². The van der Waals surface area contributed by atoms with E-state index in [1.54, 1.807) is 6.07 Å². The van der Waals surface area contributed by atoms with E-state index in [2.05, 4.69) is 10.6 Å². The van der Waals surface area contributed by atoms with Gasteiger partial charge in [-0.1, -0.05) is 29.8 Å². The van der Waals surface area contributed by atoms with Crippen LogP contribution in [-0.2, 0) is 4.79 Å². The lowest BCUT2D eigenvalue weighted by Gasteiger charge is -2.18. The van der Waals surface area contributed by atoms with Gasteiger partial charge >= 0.3 is 0 Å². The van der Waals surface area contributed by atoms with Crippen LogP contribution in [0.1, 0.15) is 36.6 Å². The molecule has 5 heteroatoms. The third-order valence-corrected chi connectivity index (χ3v) is 4.05. The normalized spacial score (nSPS) is 12.0. The molecule has 0 fully saturated rings. The Hall–Kier alpha value is -3.26. The zero-order valence-corrected chi connectivity index (χ0v) is 16.2. The molecule has 2 aromatic rings. The lowest BCUT2D eigenvalue weighted by molar-refractivity contribution is -0.112. The second kappa shape index (κ2) is 9.44. The fourth-order valence-electron chi connectivity index (χ4n) is 2.66. The van der Waals surface area contributed by atoms with E-state index in [-0.39, 0.29) is 11.6 Å². The second-order valence-electron chi connectivity index (χ2n) is 6.36.